The number of rotatable bonds is 4. The minimum atomic E-state index is -0.361. The Kier molecular flexibility index (Phi) is 5.34. The molecule has 1 aromatic rings. The number of methoxy groups -OCH3 is 1. The number of ether oxygens (including phenoxy) is 1. The second-order valence-electron chi connectivity index (χ2n) is 5.11. The van der Waals surface area contributed by atoms with Gasteiger partial charge in [-0.3, -0.25) is 5.32 Å². The quantitative estimate of drug-likeness (QED) is 0.681. The van der Waals surface area contributed by atoms with Crippen LogP contribution in [0.4, 0.5) is 0 Å². The number of hydrogen-bond donors (Lipinski definition) is 1. The van der Waals surface area contributed by atoms with Gasteiger partial charge in [-0.05, 0) is 19.8 Å². The summed E-state index contributed by atoms with van der Waals surface area (Å²) in [5, 5.41) is 3.49. The van der Waals surface area contributed by atoms with Crippen molar-refractivity contribution in [3.05, 3.63) is 16.1 Å². The molecule has 0 spiro atoms. The van der Waals surface area contributed by atoms with Crippen LogP contribution in [0.5, 0.6) is 0 Å². The van der Waals surface area contributed by atoms with Crippen molar-refractivity contribution in [3.63, 3.8) is 0 Å². The molecule has 0 aromatic carbocycles. The molecule has 1 aliphatic carbocycles. The van der Waals surface area contributed by atoms with Crippen LogP contribution in [0.15, 0.2) is 5.51 Å². The van der Waals surface area contributed by atoms with Crippen LogP contribution in [0.2, 0.25) is 0 Å². The summed E-state index contributed by atoms with van der Waals surface area (Å²) in [7, 11) is 1.44. The van der Waals surface area contributed by atoms with Crippen molar-refractivity contribution < 1.29 is 9.53 Å². The van der Waals surface area contributed by atoms with Gasteiger partial charge in [0.1, 0.15) is 6.04 Å². The summed E-state index contributed by atoms with van der Waals surface area (Å²) in [5.74, 6) is -0.211. The first-order chi connectivity index (χ1) is 9.22. The van der Waals surface area contributed by atoms with E-state index in [-0.39, 0.29) is 12.0 Å². The van der Waals surface area contributed by atoms with Gasteiger partial charge in [0, 0.05) is 6.04 Å². The van der Waals surface area contributed by atoms with E-state index >= 15 is 0 Å². The van der Waals surface area contributed by atoms with Gasteiger partial charge in [0.15, 0.2) is 0 Å². The maximum atomic E-state index is 12.0. The van der Waals surface area contributed by atoms with Crippen molar-refractivity contribution in [3.8, 4) is 0 Å². The van der Waals surface area contributed by atoms with E-state index < -0.39 is 0 Å². The molecule has 2 rings (SSSR count). The topological polar surface area (TPSA) is 51.2 Å². The third kappa shape index (κ3) is 3.76. The van der Waals surface area contributed by atoms with Gasteiger partial charge in [-0.25, -0.2) is 9.78 Å². The SMILES string of the molecule is COC(=O)C(NC1CCCCCC1)c1scnc1C. The monoisotopic (exact) mass is 282 g/mol. The van der Waals surface area contributed by atoms with Crippen molar-refractivity contribution in [1.82, 2.24) is 10.3 Å². The summed E-state index contributed by atoms with van der Waals surface area (Å²) in [4.78, 5) is 17.2. The van der Waals surface area contributed by atoms with Crippen LogP contribution < -0.4 is 5.32 Å². The van der Waals surface area contributed by atoms with E-state index in [4.69, 9.17) is 4.74 Å². The number of nitrogens with one attached hydrogen (secondary N) is 1. The van der Waals surface area contributed by atoms with Crippen LogP contribution in [-0.2, 0) is 9.53 Å². The van der Waals surface area contributed by atoms with Crippen molar-refractivity contribution in [2.45, 2.75) is 57.5 Å². The molecule has 1 heterocycles. The Morgan fingerprint density at radius 3 is 2.63 bits per heavy atom. The fourth-order valence-corrected chi connectivity index (χ4v) is 3.49. The molecule has 5 heteroatoms. The highest BCUT2D eigenvalue weighted by Crippen LogP contribution is 2.26. The first-order valence-electron chi connectivity index (χ1n) is 6.96. The zero-order chi connectivity index (χ0) is 13.7. The molecule has 1 fully saturated rings. The van der Waals surface area contributed by atoms with Gasteiger partial charge >= 0.3 is 5.97 Å². The molecule has 0 saturated heterocycles. The van der Waals surface area contributed by atoms with Gasteiger partial charge in [0.2, 0.25) is 0 Å². The third-order valence-electron chi connectivity index (χ3n) is 3.74. The summed E-state index contributed by atoms with van der Waals surface area (Å²) < 4.78 is 4.94. The molecule has 1 N–H and O–H groups in total. The molecule has 0 bridgehead atoms. The zero-order valence-electron chi connectivity index (χ0n) is 11.6. The van der Waals surface area contributed by atoms with E-state index in [9.17, 15) is 4.79 Å². The Bertz CT molecular complexity index is 411. The smallest absolute Gasteiger partial charge is 0.328 e. The summed E-state index contributed by atoms with van der Waals surface area (Å²) >= 11 is 1.52. The lowest BCUT2D eigenvalue weighted by Gasteiger charge is -2.22. The lowest BCUT2D eigenvalue weighted by Crippen LogP contribution is -2.37. The second-order valence-corrected chi connectivity index (χ2v) is 6.00. The largest absolute Gasteiger partial charge is 0.468 e. The van der Waals surface area contributed by atoms with Gasteiger partial charge < -0.3 is 4.74 Å². The van der Waals surface area contributed by atoms with Crippen molar-refractivity contribution in [2.24, 2.45) is 0 Å². The average Bonchev–Trinajstić information content (AvgIpc) is 2.68. The molecule has 1 atom stereocenters. The number of aromatic nitrogens is 1. The molecule has 4 nitrogen and oxygen atoms in total. The van der Waals surface area contributed by atoms with Crippen molar-refractivity contribution in [1.29, 1.82) is 0 Å². The number of esters is 1. The maximum Gasteiger partial charge on any atom is 0.328 e. The summed E-state index contributed by atoms with van der Waals surface area (Å²) in [6.07, 6.45) is 7.39. The van der Waals surface area contributed by atoms with Crippen LogP contribution in [0.1, 0.15) is 55.1 Å². The Hall–Kier alpha value is -0.940. The number of carbonyl (C=O) groups excluding carboxylic acids is 1. The Balaban J connectivity index is 2.09. The first kappa shape index (κ1) is 14.5. The highest BCUT2D eigenvalue weighted by molar-refractivity contribution is 7.10. The lowest BCUT2D eigenvalue weighted by molar-refractivity contribution is -0.143. The molecular formula is C14H22N2O2S. The van der Waals surface area contributed by atoms with Gasteiger partial charge in [0.05, 0.1) is 23.2 Å². The van der Waals surface area contributed by atoms with Crippen LogP contribution in [0.3, 0.4) is 0 Å². The number of nitrogens with zero attached hydrogens (tertiary/aromatic N) is 1. The van der Waals surface area contributed by atoms with Gasteiger partial charge in [-0.15, -0.1) is 11.3 Å². The summed E-state index contributed by atoms with van der Waals surface area (Å²) in [6, 6.07) is 0.0497. The average molecular weight is 282 g/mol. The molecule has 19 heavy (non-hydrogen) atoms. The maximum absolute atomic E-state index is 12.0. The van der Waals surface area contributed by atoms with Gasteiger partial charge in [-0.2, -0.15) is 0 Å². The Morgan fingerprint density at radius 2 is 2.11 bits per heavy atom. The number of carbonyl (C=O) groups is 1. The fourth-order valence-electron chi connectivity index (χ4n) is 2.64. The predicted molar refractivity (Wildman–Crippen MR) is 76.2 cm³/mol. The van der Waals surface area contributed by atoms with E-state index in [2.05, 4.69) is 10.3 Å². The minimum Gasteiger partial charge on any atom is -0.468 e. The first-order valence-corrected chi connectivity index (χ1v) is 7.84. The number of aryl methyl sites for hydroxylation is 1. The van der Waals surface area contributed by atoms with Gasteiger partial charge in [0.25, 0.3) is 0 Å². The highest BCUT2D eigenvalue weighted by atomic mass is 32.1. The fraction of sp³-hybridized carbons (Fsp3) is 0.714. The molecule has 0 aliphatic heterocycles. The molecule has 1 aromatic heterocycles. The summed E-state index contributed by atoms with van der Waals surface area (Å²) in [6.45, 7) is 1.94. The van der Waals surface area contributed by atoms with Crippen LogP contribution in [0.25, 0.3) is 0 Å². The predicted octanol–water partition coefficient (Wildman–Crippen LogP) is 2.98. The van der Waals surface area contributed by atoms with E-state index in [0.29, 0.717) is 6.04 Å². The normalized spacial score (nSPS) is 18.8. The third-order valence-corrected chi connectivity index (χ3v) is 4.74. The highest BCUT2D eigenvalue weighted by Gasteiger charge is 2.27. The molecule has 106 valence electrons. The Morgan fingerprint density at radius 1 is 1.42 bits per heavy atom. The standard InChI is InChI=1S/C14H22N2O2S/c1-10-13(19-9-15-10)12(14(17)18-2)16-11-7-5-3-4-6-8-11/h9,11-12,16H,3-8H2,1-2H3. The number of thiazole rings is 1. The molecule has 1 unspecified atom stereocenters. The number of hydrogen-bond acceptors (Lipinski definition) is 5. The molecule has 1 saturated carbocycles. The van der Waals surface area contributed by atoms with Crippen LogP contribution >= 0.6 is 11.3 Å². The van der Waals surface area contributed by atoms with Gasteiger partial charge in [-0.1, -0.05) is 25.7 Å². The van der Waals surface area contributed by atoms with Crippen molar-refractivity contribution >= 4 is 17.3 Å². The second kappa shape index (κ2) is 7.01. The molecule has 0 amide bonds. The molecular weight excluding hydrogens is 260 g/mol. The summed E-state index contributed by atoms with van der Waals surface area (Å²) in [5.41, 5.74) is 2.71. The van der Waals surface area contributed by atoms with E-state index in [1.54, 1.807) is 5.51 Å². The van der Waals surface area contributed by atoms with E-state index in [1.807, 2.05) is 6.92 Å². The van der Waals surface area contributed by atoms with Crippen LogP contribution in [-0.4, -0.2) is 24.1 Å². The molecule has 1 aliphatic rings. The van der Waals surface area contributed by atoms with Crippen molar-refractivity contribution in [2.75, 3.05) is 7.11 Å². The zero-order valence-corrected chi connectivity index (χ0v) is 12.5. The Labute approximate surface area is 118 Å². The lowest BCUT2D eigenvalue weighted by atomic mass is 10.1. The van der Waals surface area contributed by atoms with E-state index in [1.165, 1.54) is 44.1 Å². The van der Waals surface area contributed by atoms with E-state index in [0.717, 1.165) is 23.4 Å². The molecule has 0 radical (unpaired) electrons. The minimum absolute atomic E-state index is 0.211. The van der Waals surface area contributed by atoms with Crippen LogP contribution in [0, 0.1) is 6.92 Å².